The minimum absolute atomic E-state index is 0. The van der Waals surface area contributed by atoms with Gasteiger partial charge in [-0.15, -0.1) is 0 Å². The number of ether oxygens (including phenoxy) is 1. The van der Waals surface area contributed by atoms with Gasteiger partial charge in [-0.2, -0.15) is 0 Å². The smallest absolute Gasteiger partial charge is 0.143 e. The van der Waals surface area contributed by atoms with Crippen LogP contribution in [0.1, 0.15) is 51.3 Å². The van der Waals surface area contributed by atoms with E-state index >= 15 is 0 Å². The lowest BCUT2D eigenvalue weighted by molar-refractivity contribution is 0.284. The van der Waals surface area contributed by atoms with E-state index < -0.39 is 0 Å². The molecule has 0 spiro atoms. The Labute approximate surface area is 142 Å². The Bertz CT molecular complexity index is 551. The normalized spacial score (nSPS) is 17.5. The summed E-state index contributed by atoms with van der Waals surface area (Å²) >= 11 is 0. The summed E-state index contributed by atoms with van der Waals surface area (Å²) in [6.07, 6.45) is 3.46. The lowest BCUT2D eigenvalue weighted by Gasteiger charge is -2.39. The molecule has 3 nitrogen and oxygen atoms in total. The van der Waals surface area contributed by atoms with Crippen LogP contribution in [0.15, 0.2) is 6.07 Å². The molecule has 130 valence electrons. The molecule has 0 saturated heterocycles. The van der Waals surface area contributed by atoms with E-state index in [0.717, 1.165) is 51.4 Å². The van der Waals surface area contributed by atoms with Gasteiger partial charge < -0.3 is 15.0 Å². The number of nitrogens with one attached hydrogen (secondary N) is 1. The molecule has 0 unspecified atom stereocenters. The Balaban J connectivity index is 0.00000192. The molecular weight excluding hydrogens is 284 g/mol. The summed E-state index contributed by atoms with van der Waals surface area (Å²) in [4.78, 5) is 2.57. The number of nitrogens with zero attached hydrogens (tertiary/aromatic N) is 1. The molecule has 0 atom stereocenters. The van der Waals surface area contributed by atoms with Crippen molar-refractivity contribution in [2.45, 2.75) is 54.4 Å². The van der Waals surface area contributed by atoms with Crippen molar-refractivity contribution < 1.29 is 4.74 Å². The topological polar surface area (TPSA) is 24.5 Å². The van der Waals surface area contributed by atoms with E-state index in [1.165, 1.54) is 23.2 Å². The van der Waals surface area contributed by atoms with E-state index in [-0.39, 0.29) is 7.43 Å². The molecule has 2 heterocycles. The van der Waals surface area contributed by atoms with Gasteiger partial charge in [0.25, 0.3) is 0 Å². The highest BCUT2D eigenvalue weighted by molar-refractivity contribution is 5.69. The predicted molar refractivity (Wildman–Crippen MR) is 100.0 cm³/mol. The van der Waals surface area contributed by atoms with Crippen LogP contribution >= 0.6 is 0 Å². The van der Waals surface area contributed by atoms with Gasteiger partial charge in [0.15, 0.2) is 0 Å². The van der Waals surface area contributed by atoms with Crippen LogP contribution in [0.5, 0.6) is 5.75 Å². The quantitative estimate of drug-likeness (QED) is 0.913. The van der Waals surface area contributed by atoms with Crippen LogP contribution in [0.4, 0.5) is 5.69 Å². The van der Waals surface area contributed by atoms with Gasteiger partial charge in [0.2, 0.25) is 0 Å². The third kappa shape index (κ3) is 3.65. The van der Waals surface area contributed by atoms with Crippen molar-refractivity contribution in [3.05, 3.63) is 22.8 Å². The van der Waals surface area contributed by atoms with E-state index in [1.807, 2.05) is 0 Å². The number of rotatable bonds is 3. The summed E-state index contributed by atoms with van der Waals surface area (Å²) in [5.74, 6) is 1.11. The Morgan fingerprint density at radius 3 is 2.74 bits per heavy atom. The molecule has 23 heavy (non-hydrogen) atoms. The summed E-state index contributed by atoms with van der Waals surface area (Å²) in [7, 11) is 0. The highest BCUT2D eigenvalue weighted by Gasteiger charge is 2.28. The van der Waals surface area contributed by atoms with Crippen LogP contribution in [0.2, 0.25) is 0 Å². The molecule has 0 aromatic heterocycles. The maximum atomic E-state index is 6.03. The Kier molecular flexibility index (Phi) is 5.61. The summed E-state index contributed by atoms with van der Waals surface area (Å²) in [6, 6.07) is 2.32. The van der Waals surface area contributed by atoms with Crippen LogP contribution in [-0.4, -0.2) is 32.8 Å². The average molecular weight is 319 g/mol. The fourth-order valence-electron chi connectivity index (χ4n) is 3.68. The van der Waals surface area contributed by atoms with Gasteiger partial charge in [0.1, 0.15) is 12.4 Å². The lowest BCUT2D eigenvalue weighted by Crippen LogP contribution is -2.40. The molecule has 1 aromatic rings. The van der Waals surface area contributed by atoms with Crippen LogP contribution in [-0.2, 0) is 12.8 Å². The molecule has 0 fully saturated rings. The van der Waals surface area contributed by atoms with Gasteiger partial charge in [0.05, 0.1) is 12.2 Å². The fourth-order valence-corrected chi connectivity index (χ4v) is 3.68. The van der Waals surface area contributed by atoms with Crippen LogP contribution in [0.3, 0.4) is 0 Å². The van der Waals surface area contributed by atoms with Crippen molar-refractivity contribution in [3.63, 3.8) is 0 Å². The molecule has 0 bridgehead atoms. The minimum Gasteiger partial charge on any atom is -0.490 e. The third-order valence-electron chi connectivity index (χ3n) is 5.37. The van der Waals surface area contributed by atoms with Crippen molar-refractivity contribution in [1.82, 2.24) is 5.32 Å². The SMILES string of the molecule is C.CCC(C)(C)CN1CCOc2cc3c(c(C)c21)CCNCC3. The van der Waals surface area contributed by atoms with Gasteiger partial charge in [0, 0.05) is 6.54 Å². The number of anilines is 1. The second kappa shape index (κ2) is 7.12. The van der Waals surface area contributed by atoms with Crippen molar-refractivity contribution in [2.75, 3.05) is 37.7 Å². The van der Waals surface area contributed by atoms with E-state index in [2.05, 4.69) is 44.0 Å². The number of benzene rings is 1. The maximum absolute atomic E-state index is 6.03. The second-order valence-electron chi connectivity index (χ2n) is 7.52. The number of hydrogen-bond acceptors (Lipinski definition) is 3. The van der Waals surface area contributed by atoms with Gasteiger partial charge in [-0.25, -0.2) is 0 Å². The summed E-state index contributed by atoms with van der Waals surface area (Å²) in [5, 5.41) is 3.52. The van der Waals surface area contributed by atoms with E-state index in [4.69, 9.17) is 4.74 Å². The van der Waals surface area contributed by atoms with E-state index in [0.29, 0.717) is 5.41 Å². The first-order valence-corrected chi connectivity index (χ1v) is 8.75. The average Bonchev–Trinajstić information content (AvgIpc) is 2.72. The van der Waals surface area contributed by atoms with Crippen molar-refractivity contribution in [3.8, 4) is 5.75 Å². The van der Waals surface area contributed by atoms with Gasteiger partial charge in [-0.3, -0.25) is 0 Å². The largest absolute Gasteiger partial charge is 0.490 e. The standard InChI is InChI=1S/C19H30N2O.CH4/c1-5-19(3,4)13-21-10-11-22-17-12-15-6-8-20-9-7-16(15)14(2)18(17)21;/h12,20H,5-11,13H2,1-4H3;1H4. The zero-order valence-corrected chi connectivity index (χ0v) is 14.6. The fraction of sp³-hybridized carbons (Fsp3) is 0.700. The Hall–Kier alpha value is -1.22. The molecule has 2 aliphatic rings. The third-order valence-corrected chi connectivity index (χ3v) is 5.37. The predicted octanol–water partition coefficient (Wildman–Crippen LogP) is 3.95. The highest BCUT2D eigenvalue weighted by Crippen LogP contribution is 2.40. The second-order valence-corrected chi connectivity index (χ2v) is 7.52. The lowest BCUT2D eigenvalue weighted by atomic mass is 9.88. The van der Waals surface area contributed by atoms with Crippen molar-refractivity contribution in [2.24, 2.45) is 5.41 Å². The molecule has 0 amide bonds. The zero-order valence-electron chi connectivity index (χ0n) is 14.6. The van der Waals surface area contributed by atoms with Crippen molar-refractivity contribution in [1.29, 1.82) is 0 Å². The van der Waals surface area contributed by atoms with E-state index in [9.17, 15) is 0 Å². The molecular formula is C20H34N2O. The molecule has 1 N–H and O–H groups in total. The molecule has 0 aliphatic carbocycles. The van der Waals surface area contributed by atoms with Gasteiger partial charge >= 0.3 is 0 Å². The van der Waals surface area contributed by atoms with Crippen LogP contribution in [0, 0.1) is 12.3 Å². The summed E-state index contributed by atoms with van der Waals surface area (Å²) in [6.45, 7) is 14.4. The number of hydrogen-bond donors (Lipinski definition) is 1. The van der Waals surface area contributed by atoms with Crippen LogP contribution < -0.4 is 15.0 Å². The summed E-state index contributed by atoms with van der Waals surface area (Å²) in [5.41, 5.74) is 6.18. The zero-order chi connectivity index (χ0) is 15.7. The molecule has 3 heteroatoms. The van der Waals surface area contributed by atoms with Gasteiger partial charge in [-0.1, -0.05) is 28.2 Å². The maximum Gasteiger partial charge on any atom is 0.143 e. The highest BCUT2D eigenvalue weighted by atomic mass is 16.5. The molecule has 3 rings (SSSR count). The minimum atomic E-state index is 0. The van der Waals surface area contributed by atoms with Crippen LogP contribution in [0.25, 0.3) is 0 Å². The van der Waals surface area contributed by atoms with E-state index in [1.54, 1.807) is 5.56 Å². The Morgan fingerprint density at radius 1 is 1.26 bits per heavy atom. The summed E-state index contributed by atoms with van der Waals surface area (Å²) < 4.78 is 6.03. The molecule has 0 saturated carbocycles. The monoisotopic (exact) mass is 318 g/mol. The van der Waals surface area contributed by atoms with Crippen molar-refractivity contribution >= 4 is 5.69 Å². The first-order valence-electron chi connectivity index (χ1n) is 8.75. The molecule has 1 aromatic carbocycles. The molecule has 0 radical (unpaired) electrons. The Morgan fingerprint density at radius 2 is 2.00 bits per heavy atom. The molecule has 2 aliphatic heterocycles. The number of fused-ring (bicyclic) bond motifs is 2. The first-order chi connectivity index (χ1) is 10.5. The van der Waals surface area contributed by atoms with Gasteiger partial charge in [-0.05, 0) is 67.4 Å². The first kappa shape index (κ1) is 18.1.